The Morgan fingerprint density at radius 1 is 1.00 bits per heavy atom. The van der Waals surface area contributed by atoms with E-state index in [1.807, 2.05) is 0 Å². The monoisotopic (exact) mass is 329 g/mol. The minimum atomic E-state index is 0.671. The maximum Gasteiger partial charge on any atom is 0.0175 e. The first-order valence-electron chi connectivity index (χ1n) is 7.33. The Hall–Kier alpha value is -1.12. The topological polar surface area (TPSA) is 12.0 Å². The smallest absolute Gasteiger partial charge is 0.0175 e. The van der Waals surface area contributed by atoms with E-state index in [1.165, 1.54) is 17.5 Å². The number of halogens is 1. The Balaban J connectivity index is 1.78. The van der Waals surface area contributed by atoms with Gasteiger partial charge in [0.05, 0.1) is 0 Å². The molecule has 104 valence electrons. The van der Waals surface area contributed by atoms with Gasteiger partial charge in [-0.15, -0.1) is 0 Å². The number of rotatable bonds is 3. The van der Waals surface area contributed by atoms with Crippen LogP contribution in [-0.4, -0.2) is 13.1 Å². The molecule has 3 rings (SSSR count). The molecule has 0 spiro atoms. The maximum absolute atomic E-state index is 3.56. The molecule has 0 radical (unpaired) electrons. The molecule has 1 aliphatic rings. The molecule has 0 bridgehead atoms. The van der Waals surface area contributed by atoms with Crippen molar-refractivity contribution in [1.29, 1.82) is 0 Å². The van der Waals surface area contributed by atoms with Gasteiger partial charge in [0.2, 0.25) is 0 Å². The number of piperidine rings is 1. The third-order valence-corrected chi connectivity index (χ3v) is 4.78. The Morgan fingerprint density at radius 2 is 1.75 bits per heavy atom. The summed E-state index contributed by atoms with van der Waals surface area (Å²) in [5, 5.41) is 3.56. The van der Waals surface area contributed by atoms with E-state index in [-0.39, 0.29) is 0 Å². The summed E-state index contributed by atoms with van der Waals surface area (Å²) in [6.07, 6.45) is 2.40. The molecule has 2 aromatic rings. The lowest BCUT2D eigenvalue weighted by Crippen LogP contribution is -2.36. The van der Waals surface area contributed by atoms with Crippen LogP contribution in [0.25, 0.3) is 0 Å². The normalized spacial score (nSPS) is 22.6. The van der Waals surface area contributed by atoms with Crippen molar-refractivity contribution in [3.05, 3.63) is 70.2 Å². The lowest BCUT2D eigenvalue weighted by Gasteiger charge is -2.33. The van der Waals surface area contributed by atoms with Gasteiger partial charge in [-0.3, -0.25) is 0 Å². The van der Waals surface area contributed by atoms with E-state index >= 15 is 0 Å². The molecule has 1 heterocycles. The van der Waals surface area contributed by atoms with Crippen molar-refractivity contribution >= 4 is 15.9 Å². The second-order valence-electron chi connectivity index (χ2n) is 5.60. The summed E-state index contributed by atoms with van der Waals surface area (Å²) in [5.74, 6) is 1.36. The zero-order valence-corrected chi connectivity index (χ0v) is 13.1. The molecule has 1 nitrogen and oxygen atoms in total. The van der Waals surface area contributed by atoms with Gasteiger partial charge in [-0.1, -0.05) is 58.4 Å². The Kier molecular flexibility index (Phi) is 4.54. The SMILES string of the molecule is Brc1ccc(C2CCNCC2Cc2ccccc2)cc1. The molecule has 0 saturated carbocycles. The quantitative estimate of drug-likeness (QED) is 0.880. The van der Waals surface area contributed by atoms with E-state index in [9.17, 15) is 0 Å². The second-order valence-corrected chi connectivity index (χ2v) is 6.52. The first-order valence-corrected chi connectivity index (χ1v) is 8.12. The highest BCUT2D eigenvalue weighted by Gasteiger charge is 2.26. The van der Waals surface area contributed by atoms with E-state index in [2.05, 4.69) is 75.8 Å². The van der Waals surface area contributed by atoms with E-state index < -0.39 is 0 Å². The molecule has 0 amide bonds. The van der Waals surface area contributed by atoms with Gasteiger partial charge < -0.3 is 5.32 Å². The third-order valence-electron chi connectivity index (χ3n) is 4.25. The van der Waals surface area contributed by atoms with Gasteiger partial charge in [0.1, 0.15) is 0 Å². The van der Waals surface area contributed by atoms with Gasteiger partial charge in [-0.05, 0) is 61.0 Å². The highest BCUT2D eigenvalue weighted by molar-refractivity contribution is 9.10. The zero-order chi connectivity index (χ0) is 13.8. The van der Waals surface area contributed by atoms with Gasteiger partial charge in [-0.25, -0.2) is 0 Å². The van der Waals surface area contributed by atoms with Crippen molar-refractivity contribution in [2.75, 3.05) is 13.1 Å². The molecule has 1 fully saturated rings. The predicted octanol–water partition coefficient (Wildman–Crippen LogP) is 4.38. The summed E-state index contributed by atoms with van der Waals surface area (Å²) >= 11 is 3.53. The standard InChI is InChI=1S/C18H20BrN/c19-17-8-6-15(7-9-17)18-10-11-20-13-16(18)12-14-4-2-1-3-5-14/h1-9,16,18,20H,10-13H2. The van der Waals surface area contributed by atoms with Crippen LogP contribution in [0.1, 0.15) is 23.5 Å². The predicted molar refractivity (Wildman–Crippen MR) is 88.0 cm³/mol. The van der Waals surface area contributed by atoms with Crippen LogP contribution in [0.4, 0.5) is 0 Å². The lowest BCUT2D eigenvalue weighted by molar-refractivity contribution is 0.324. The van der Waals surface area contributed by atoms with Gasteiger partial charge in [-0.2, -0.15) is 0 Å². The van der Waals surface area contributed by atoms with Crippen LogP contribution in [0.15, 0.2) is 59.1 Å². The summed E-state index contributed by atoms with van der Waals surface area (Å²) in [6, 6.07) is 19.7. The molecule has 1 aliphatic heterocycles. The van der Waals surface area contributed by atoms with Crippen molar-refractivity contribution in [3.8, 4) is 0 Å². The fraction of sp³-hybridized carbons (Fsp3) is 0.333. The minimum absolute atomic E-state index is 0.671. The van der Waals surface area contributed by atoms with Crippen molar-refractivity contribution in [2.24, 2.45) is 5.92 Å². The number of benzene rings is 2. The van der Waals surface area contributed by atoms with Crippen LogP contribution in [-0.2, 0) is 6.42 Å². The largest absolute Gasteiger partial charge is 0.316 e. The minimum Gasteiger partial charge on any atom is -0.316 e. The Morgan fingerprint density at radius 3 is 2.50 bits per heavy atom. The summed E-state index contributed by atoms with van der Waals surface area (Å²) in [6.45, 7) is 2.25. The van der Waals surface area contributed by atoms with Crippen LogP contribution >= 0.6 is 15.9 Å². The van der Waals surface area contributed by atoms with E-state index in [0.717, 1.165) is 24.0 Å². The van der Waals surface area contributed by atoms with Crippen LogP contribution in [0.5, 0.6) is 0 Å². The van der Waals surface area contributed by atoms with Gasteiger partial charge in [0.25, 0.3) is 0 Å². The average Bonchev–Trinajstić information content (AvgIpc) is 2.50. The summed E-state index contributed by atoms with van der Waals surface area (Å²) in [5.41, 5.74) is 2.93. The fourth-order valence-electron chi connectivity index (χ4n) is 3.20. The van der Waals surface area contributed by atoms with Crippen LogP contribution < -0.4 is 5.32 Å². The zero-order valence-electron chi connectivity index (χ0n) is 11.6. The highest BCUT2D eigenvalue weighted by atomic mass is 79.9. The molecule has 1 N–H and O–H groups in total. The van der Waals surface area contributed by atoms with Crippen molar-refractivity contribution < 1.29 is 0 Å². The van der Waals surface area contributed by atoms with Crippen LogP contribution in [0, 0.1) is 5.92 Å². The Bertz CT molecular complexity index is 535. The molecule has 2 atom stereocenters. The third kappa shape index (κ3) is 3.31. The maximum atomic E-state index is 3.56. The van der Waals surface area contributed by atoms with E-state index in [4.69, 9.17) is 0 Å². The number of hydrogen-bond acceptors (Lipinski definition) is 1. The molecule has 2 heteroatoms. The highest BCUT2D eigenvalue weighted by Crippen LogP contribution is 2.33. The second kappa shape index (κ2) is 6.55. The number of nitrogens with one attached hydrogen (secondary N) is 1. The van der Waals surface area contributed by atoms with Crippen LogP contribution in [0.3, 0.4) is 0 Å². The van der Waals surface area contributed by atoms with Crippen molar-refractivity contribution in [3.63, 3.8) is 0 Å². The fourth-order valence-corrected chi connectivity index (χ4v) is 3.47. The molecule has 0 aromatic heterocycles. The molecular weight excluding hydrogens is 310 g/mol. The van der Waals surface area contributed by atoms with Gasteiger partial charge >= 0.3 is 0 Å². The molecule has 1 saturated heterocycles. The van der Waals surface area contributed by atoms with Crippen molar-refractivity contribution in [1.82, 2.24) is 5.32 Å². The summed E-state index contributed by atoms with van der Waals surface area (Å²) < 4.78 is 1.16. The Labute approximate surface area is 129 Å². The molecule has 2 aromatic carbocycles. The first-order chi connectivity index (χ1) is 9.83. The van der Waals surface area contributed by atoms with Crippen molar-refractivity contribution in [2.45, 2.75) is 18.8 Å². The average molecular weight is 330 g/mol. The van der Waals surface area contributed by atoms with E-state index in [0.29, 0.717) is 11.8 Å². The first kappa shape index (κ1) is 13.8. The van der Waals surface area contributed by atoms with Crippen LogP contribution in [0.2, 0.25) is 0 Å². The number of hydrogen-bond donors (Lipinski definition) is 1. The van der Waals surface area contributed by atoms with Gasteiger partial charge in [0, 0.05) is 4.47 Å². The van der Waals surface area contributed by atoms with E-state index in [1.54, 1.807) is 0 Å². The summed E-state index contributed by atoms with van der Waals surface area (Å²) in [4.78, 5) is 0. The molecular formula is C18H20BrN. The molecule has 20 heavy (non-hydrogen) atoms. The van der Waals surface area contributed by atoms with Gasteiger partial charge in [0.15, 0.2) is 0 Å². The molecule has 2 unspecified atom stereocenters. The lowest BCUT2D eigenvalue weighted by atomic mass is 9.78. The summed E-state index contributed by atoms with van der Waals surface area (Å²) in [7, 11) is 0. The molecule has 0 aliphatic carbocycles.